The number of hydrogen-bond acceptors (Lipinski definition) is 5. The van der Waals surface area contributed by atoms with Gasteiger partial charge < -0.3 is 4.84 Å². The Hall–Kier alpha value is -2.99. The lowest BCUT2D eigenvalue weighted by atomic mass is 9.92. The molecule has 0 spiro atoms. The minimum atomic E-state index is -0.634. The number of anilines is 1. The van der Waals surface area contributed by atoms with Crippen LogP contribution in [-0.4, -0.2) is 35.9 Å². The molecule has 6 nitrogen and oxygen atoms in total. The van der Waals surface area contributed by atoms with Gasteiger partial charge in [0.25, 0.3) is 11.8 Å². The molecule has 2 amide bonds. The first-order chi connectivity index (χ1) is 14.7. The largest absolute Gasteiger partial charge is 0.364 e. The van der Waals surface area contributed by atoms with Crippen molar-refractivity contribution in [1.29, 1.82) is 0 Å². The number of carbonyl (C=O) groups excluding carboxylic acids is 3. The van der Waals surface area contributed by atoms with Gasteiger partial charge in [-0.2, -0.15) is 0 Å². The first-order valence-electron chi connectivity index (χ1n) is 10.8. The molecule has 6 heteroatoms. The molecule has 31 heavy (non-hydrogen) atoms. The maximum Gasteiger partial charge on any atom is 0.357 e. The van der Waals surface area contributed by atoms with Crippen LogP contribution in [0.2, 0.25) is 0 Å². The fourth-order valence-corrected chi connectivity index (χ4v) is 3.95. The molecule has 2 aromatic rings. The highest BCUT2D eigenvalue weighted by atomic mass is 16.7. The summed E-state index contributed by atoms with van der Waals surface area (Å²) in [5, 5.41) is 1.51. The number of hydrogen-bond donors (Lipinski definition) is 0. The number of amides is 2. The summed E-state index contributed by atoms with van der Waals surface area (Å²) in [6.07, 6.45) is 0. The second kappa shape index (κ2) is 9.02. The van der Waals surface area contributed by atoms with Gasteiger partial charge in [0.2, 0.25) is 0 Å². The van der Waals surface area contributed by atoms with Crippen molar-refractivity contribution in [3.63, 3.8) is 0 Å². The van der Waals surface area contributed by atoms with E-state index in [4.69, 9.17) is 4.84 Å². The lowest BCUT2D eigenvalue weighted by Gasteiger charge is -2.25. The predicted octanol–water partition coefficient (Wildman–Crippen LogP) is 5.15. The van der Waals surface area contributed by atoms with Crippen molar-refractivity contribution in [2.24, 2.45) is 0 Å². The lowest BCUT2D eigenvalue weighted by molar-refractivity contribution is -0.103. The van der Waals surface area contributed by atoms with Crippen molar-refractivity contribution < 1.29 is 19.2 Å². The van der Waals surface area contributed by atoms with Crippen molar-refractivity contribution in [1.82, 2.24) is 5.06 Å². The molecule has 0 saturated heterocycles. The molecule has 0 unspecified atom stereocenters. The van der Waals surface area contributed by atoms with Gasteiger partial charge in [0.1, 0.15) is 0 Å². The van der Waals surface area contributed by atoms with E-state index in [0.717, 1.165) is 11.1 Å². The maximum atomic E-state index is 13.6. The zero-order valence-electron chi connectivity index (χ0n) is 19.1. The summed E-state index contributed by atoms with van der Waals surface area (Å²) in [6.45, 7) is 12.9. The summed E-state index contributed by atoms with van der Waals surface area (Å²) >= 11 is 0. The van der Waals surface area contributed by atoms with Gasteiger partial charge >= 0.3 is 5.97 Å². The second-order valence-electron chi connectivity index (χ2n) is 8.26. The quantitative estimate of drug-likeness (QED) is 0.456. The predicted molar refractivity (Wildman–Crippen MR) is 121 cm³/mol. The Kier molecular flexibility index (Phi) is 6.60. The van der Waals surface area contributed by atoms with Gasteiger partial charge in [0.05, 0.1) is 22.4 Å². The van der Waals surface area contributed by atoms with Crippen LogP contribution < -0.4 is 4.90 Å². The van der Waals surface area contributed by atoms with E-state index in [0.29, 0.717) is 18.8 Å². The van der Waals surface area contributed by atoms with Crippen LogP contribution in [0.5, 0.6) is 0 Å². The van der Waals surface area contributed by atoms with E-state index in [2.05, 4.69) is 0 Å². The Morgan fingerprint density at radius 3 is 1.97 bits per heavy atom. The van der Waals surface area contributed by atoms with Gasteiger partial charge in [-0.05, 0) is 48.9 Å². The van der Waals surface area contributed by atoms with Gasteiger partial charge in [-0.25, -0.2) is 9.69 Å². The maximum absolute atomic E-state index is 13.6. The highest BCUT2D eigenvalue weighted by Crippen LogP contribution is 2.40. The van der Waals surface area contributed by atoms with Crippen LogP contribution in [0.1, 0.15) is 95.6 Å². The smallest absolute Gasteiger partial charge is 0.357 e. The van der Waals surface area contributed by atoms with Crippen LogP contribution in [-0.2, 0) is 4.84 Å². The summed E-state index contributed by atoms with van der Waals surface area (Å²) in [5.74, 6) is -1.30. The monoisotopic (exact) mass is 422 g/mol. The van der Waals surface area contributed by atoms with Gasteiger partial charge in [0, 0.05) is 13.1 Å². The Labute approximate surface area is 183 Å². The van der Waals surface area contributed by atoms with Gasteiger partial charge in [-0.1, -0.05) is 52.0 Å². The Bertz CT molecular complexity index is 996. The summed E-state index contributed by atoms with van der Waals surface area (Å²) in [4.78, 5) is 46.5. The van der Waals surface area contributed by atoms with Gasteiger partial charge in [0.15, 0.2) is 0 Å². The number of carbonyl (C=O) groups is 3. The molecule has 0 saturated carbocycles. The average molecular weight is 423 g/mol. The molecule has 164 valence electrons. The van der Waals surface area contributed by atoms with Crippen LogP contribution >= 0.6 is 0 Å². The van der Waals surface area contributed by atoms with Crippen molar-refractivity contribution in [2.75, 3.05) is 18.0 Å². The molecule has 0 radical (unpaired) electrons. The Balaban J connectivity index is 2.14. The van der Waals surface area contributed by atoms with Crippen LogP contribution in [0.15, 0.2) is 36.4 Å². The Morgan fingerprint density at radius 2 is 1.45 bits per heavy atom. The first kappa shape index (κ1) is 22.7. The molecule has 0 aromatic heterocycles. The highest BCUT2D eigenvalue weighted by molar-refractivity contribution is 6.36. The SMILES string of the molecule is CCN(CC)OC(=O)c1cccc2c1C(=O)N(c1c(C(C)C)cccc1C(C)C)C2=O. The summed E-state index contributed by atoms with van der Waals surface area (Å²) in [6, 6.07) is 10.6. The van der Waals surface area contributed by atoms with Crippen molar-refractivity contribution in [3.05, 3.63) is 64.2 Å². The molecular weight excluding hydrogens is 392 g/mol. The van der Waals surface area contributed by atoms with E-state index in [-0.39, 0.29) is 28.5 Å². The fourth-order valence-electron chi connectivity index (χ4n) is 3.95. The molecule has 1 heterocycles. The highest BCUT2D eigenvalue weighted by Gasteiger charge is 2.42. The number of nitrogens with zero attached hydrogens (tertiary/aromatic N) is 2. The number of imide groups is 1. The first-order valence-corrected chi connectivity index (χ1v) is 10.8. The van der Waals surface area contributed by atoms with Crippen molar-refractivity contribution >= 4 is 23.5 Å². The minimum Gasteiger partial charge on any atom is -0.364 e. The third kappa shape index (κ3) is 4.00. The van der Waals surface area contributed by atoms with Crippen molar-refractivity contribution in [2.45, 2.75) is 53.4 Å². The number of hydroxylamine groups is 2. The molecule has 1 aliphatic heterocycles. The normalized spacial score (nSPS) is 13.5. The molecular formula is C25H30N2O4. The molecule has 2 aromatic carbocycles. The van der Waals surface area contributed by atoms with E-state index < -0.39 is 17.8 Å². The van der Waals surface area contributed by atoms with Gasteiger partial charge in [-0.15, -0.1) is 5.06 Å². The summed E-state index contributed by atoms with van der Waals surface area (Å²) in [7, 11) is 0. The number of fused-ring (bicyclic) bond motifs is 1. The molecule has 0 aliphatic carbocycles. The number of para-hydroxylation sites is 1. The molecule has 0 N–H and O–H groups in total. The van der Waals surface area contributed by atoms with Crippen LogP contribution in [0, 0.1) is 0 Å². The molecule has 1 aliphatic rings. The van der Waals surface area contributed by atoms with E-state index in [1.807, 2.05) is 59.7 Å². The summed E-state index contributed by atoms with van der Waals surface area (Å²) in [5.41, 5.74) is 2.92. The van der Waals surface area contributed by atoms with Crippen LogP contribution in [0.25, 0.3) is 0 Å². The Morgan fingerprint density at radius 1 is 0.903 bits per heavy atom. The van der Waals surface area contributed by atoms with E-state index >= 15 is 0 Å². The third-order valence-corrected chi connectivity index (χ3v) is 5.62. The fraction of sp³-hybridized carbons (Fsp3) is 0.400. The van der Waals surface area contributed by atoms with Gasteiger partial charge in [-0.3, -0.25) is 9.59 Å². The zero-order valence-corrected chi connectivity index (χ0v) is 19.1. The standard InChI is InChI=1S/C25H30N2O4/c1-7-26(8-2)31-25(30)20-14-10-13-19-21(20)24(29)27(23(19)28)22-17(15(3)4)11-9-12-18(22)16(5)6/h9-16H,7-8H2,1-6H3. The molecule has 0 bridgehead atoms. The third-order valence-electron chi connectivity index (χ3n) is 5.62. The summed E-state index contributed by atoms with van der Waals surface area (Å²) < 4.78 is 0. The van der Waals surface area contributed by atoms with Crippen LogP contribution in [0.3, 0.4) is 0 Å². The topological polar surface area (TPSA) is 66.9 Å². The molecule has 3 rings (SSSR count). The average Bonchev–Trinajstić information content (AvgIpc) is 3.01. The molecule has 0 atom stereocenters. The second-order valence-corrected chi connectivity index (χ2v) is 8.26. The number of rotatable bonds is 7. The zero-order chi connectivity index (χ0) is 22.9. The number of benzene rings is 2. The lowest BCUT2D eigenvalue weighted by Crippen LogP contribution is -2.32. The van der Waals surface area contributed by atoms with Crippen LogP contribution in [0.4, 0.5) is 5.69 Å². The van der Waals surface area contributed by atoms with E-state index in [9.17, 15) is 14.4 Å². The molecule has 0 fully saturated rings. The van der Waals surface area contributed by atoms with E-state index in [1.54, 1.807) is 12.1 Å². The van der Waals surface area contributed by atoms with E-state index in [1.165, 1.54) is 16.0 Å². The van der Waals surface area contributed by atoms with Crippen molar-refractivity contribution in [3.8, 4) is 0 Å². The minimum absolute atomic E-state index is 0.109.